The van der Waals surface area contributed by atoms with Gasteiger partial charge in [-0.3, -0.25) is 4.79 Å². The number of rotatable bonds is 5. The number of carbonyl (C=O) groups is 1. The lowest BCUT2D eigenvalue weighted by atomic mass is 9.93. The third-order valence-corrected chi connectivity index (χ3v) is 3.32. The van der Waals surface area contributed by atoms with Gasteiger partial charge in [-0.15, -0.1) is 12.4 Å². The van der Waals surface area contributed by atoms with Crippen LogP contribution in [0.2, 0.25) is 0 Å². The van der Waals surface area contributed by atoms with Crippen LogP contribution in [0.5, 0.6) is 5.75 Å². The molecule has 0 fully saturated rings. The zero-order chi connectivity index (χ0) is 15.5. The van der Waals surface area contributed by atoms with Crippen LogP contribution in [-0.4, -0.2) is 13.0 Å². The molecule has 22 heavy (non-hydrogen) atoms. The number of halogens is 1. The molecule has 3 N–H and O–H groups in total. The molecular formula is C16H21ClN2O3. The standard InChI is InChI=1S/C16H20N2O3.ClH/c1-16(2,13-6-4-5-7-14(13)20-3)18-15(19)11-8-12(9-17)21-10-11;/h4-8,10H,9,17H2,1-3H3,(H,18,19);1H. The maximum Gasteiger partial charge on any atom is 0.255 e. The molecule has 0 unspecified atom stereocenters. The molecule has 0 bridgehead atoms. The summed E-state index contributed by atoms with van der Waals surface area (Å²) in [6, 6.07) is 9.25. The predicted molar refractivity (Wildman–Crippen MR) is 87.3 cm³/mol. The minimum absolute atomic E-state index is 0. The molecule has 2 aromatic rings. The number of para-hydroxylation sites is 1. The monoisotopic (exact) mass is 324 g/mol. The highest BCUT2D eigenvalue weighted by Gasteiger charge is 2.27. The van der Waals surface area contributed by atoms with E-state index in [9.17, 15) is 4.79 Å². The summed E-state index contributed by atoms with van der Waals surface area (Å²) < 4.78 is 10.5. The van der Waals surface area contributed by atoms with Crippen LogP contribution in [0.4, 0.5) is 0 Å². The van der Waals surface area contributed by atoms with Gasteiger partial charge in [-0.2, -0.15) is 0 Å². The Morgan fingerprint density at radius 1 is 1.36 bits per heavy atom. The van der Waals surface area contributed by atoms with E-state index < -0.39 is 5.54 Å². The number of nitrogens with two attached hydrogens (primary N) is 1. The summed E-state index contributed by atoms with van der Waals surface area (Å²) in [4.78, 5) is 12.3. The van der Waals surface area contributed by atoms with Crippen LogP contribution in [0.3, 0.4) is 0 Å². The summed E-state index contributed by atoms with van der Waals surface area (Å²) in [7, 11) is 1.61. The number of carbonyl (C=O) groups excluding carboxylic acids is 1. The van der Waals surface area contributed by atoms with Crippen LogP contribution in [0.15, 0.2) is 41.0 Å². The summed E-state index contributed by atoms with van der Waals surface area (Å²) in [5, 5.41) is 2.98. The normalized spacial score (nSPS) is 10.7. The molecule has 6 heteroatoms. The molecule has 5 nitrogen and oxygen atoms in total. The third kappa shape index (κ3) is 3.81. The highest BCUT2D eigenvalue weighted by molar-refractivity contribution is 5.94. The number of methoxy groups -OCH3 is 1. The lowest BCUT2D eigenvalue weighted by Crippen LogP contribution is -2.41. The topological polar surface area (TPSA) is 77.5 Å². The predicted octanol–water partition coefficient (Wildman–Crippen LogP) is 2.83. The second-order valence-electron chi connectivity index (χ2n) is 5.29. The number of ether oxygens (including phenoxy) is 1. The van der Waals surface area contributed by atoms with Crippen LogP contribution in [0.25, 0.3) is 0 Å². The van der Waals surface area contributed by atoms with Gasteiger partial charge in [0.15, 0.2) is 0 Å². The van der Waals surface area contributed by atoms with Crippen LogP contribution in [-0.2, 0) is 12.1 Å². The minimum atomic E-state index is -0.580. The SMILES string of the molecule is COc1ccccc1C(C)(C)NC(=O)c1coc(CN)c1.Cl. The largest absolute Gasteiger partial charge is 0.496 e. The van der Waals surface area contributed by atoms with E-state index in [4.69, 9.17) is 14.9 Å². The maximum atomic E-state index is 12.3. The van der Waals surface area contributed by atoms with E-state index in [1.807, 2.05) is 38.1 Å². The molecule has 1 amide bonds. The molecule has 0 radical (unpaired) electrons. The molecule has 0 saturated heterocycles. The van der Waals surface area contributed by atoms with Crippen LogP contribution in [0, 0.1) is 0 Å². The fourth-order valence-corrected chi connectivity index (χ4v) is 2.19. The van der Waals surface area contributed by atoms with E-state index in [1.165, 1.54) is 6.26 Å². The summed E-state index contributed by atoms with van der Waals surface area (Å²) in [6.07, 6.45) is 1.41. The van der Waals surface area contributed by atoms with Crippen molar-refractivity contribution in [3.05, 3.63) is 53.5 Å². The highest BCUT2D eigenvalue weighted by atomic mass is 35.5. The van der Waals surface area contributed by atoms with E-state index in [0.29, 0.717) is 11.3 Å². The number of hydrogen-bond acceptors (Lipinski definition) is 4. The van der Waals surface area contributed by atoms with E-state index in [1.54, 1.807) is 13.2 Å². The first-order valence-electron chi connectivity index (χ1n) is 6.71. The summed E-state index contributed by atoms with van der Waals surface area (Å²) in [6.45, 7) is 4.11. The average Bonchev–Trinajstić information content (AvgIpc) is 2.96. The van der Waals surface area contributed by atoms with Gasteiger partial charge >= 0.3 is 0 Å². The second-order valence-corrected chi connectivity index (χ2v) is 5.29. The van der Waals surface area contributed by atoms with Crippen molar-refractivity contribution in [2.24, 2.45) is 5.73 Å². The first kappa shape index (κ1) is 18.1. The smallest absolute Gasteiger partial charge is 0.255 e. The van der Waals surface area contributed by atoms with Crippen LogP contribution in [0.1, 0.15) is 35.5 Å². The number of amides is 1. The van der Waals surface area contributed by atoms with Crippen molar-refractivity contribution in [3.8, 4) is 5.75 Å². The van der Waals surface area contributed by atoms with Crippen molar-refractivity contribution in [3.63, 3.8) is 0 Å². The van der Waals surface area contributed by atoms with E-state index in [-0.39, 0.29) is 24.9 Å². The first-order chi connectivity index (χ1) is 9.97. The molecule has 2 rings (SSSR count). The van der Waals surface area contributed by atoms with E-state index in [0.717, 1.165) is 11.3 Å². The molecular weight excluding hydrogens is 304 g/mol. The Morgan fingerprint density at radius 3 is 2.64 bits per heavy atom. The van der Waals surface area contributed by atoms with Gasteiger partial charge in [-0.05, 0) is 26.0 Å². The number of nitrogens with one attached hydrogen (secondary N) is 1. The van der Waals surface area contributed by atoms with Gasteiger partial charge in [0.2, 0.25) is 0 Å². The van der Waals surface area contributed by atoms with Crippen molar-refractivity contribution in [2.45, 2.75) is 25.9 Å². The Morgan fingerprint density at radius 2 is 2.05 bits per heavy atom. The Bertz CT molecular complexity index is 638. The molecule has 1 heterocycles. The Kier molecular flexibility index (Phi) is 6.02. The highest BCUT2D eigenvalue weighted by Crippen LogP contribution is 2.29. The molecule has 0 aliphatic carbocycles. The van der Waals surface area contributed by atoms with Gasteiger partial charge in [0, 0.05) is 5.56 Å². The zero-order valence-electron chi connectivity index (χ0n) is 12.9. The zero-order valence-corrected chi connectivity index (χ0v) is 13.7. The lowest BCUT2D eigenvalue weighted by Gasteiger charge is -2.28. The Labute approximate surface area is 136 Å². The summed E-state index contributed by atoms with van der Waals surface area (Å²) in [5.74, 6) is 1.10. The number of hydrogen-bond donors (Lipinski definition) is 2. The fraction of sp³-hybridized carbons (Fsp3) is 0.312. The Balaban J connectivity index is 0.00000242. The molecule has 0 atom stereocenters. The molecule has 0 aliphatic rings. The summed E-state index contributed by atoms with van der Waals surface area (Å²) in [5.41, 5.74) is 6.26. The molecule has 1 aromatic heterocycles. The molecule has 120 valence electrons. The van der Waals surface area contributed by atoms with Gasteiger partial charge in [0.1, 0.15) is 17.8 Å². The number of benzene rings is 1. The van der Waals surface area contributed by atoms with Gasteiger partial charge in [0.05, 0.1) is 24.8 Å². The van der Waals surface area contributed by atoms with Crippen molar-refractivity contribution in [2.75, 3.05) is 7.11 Å². The van der Waals surface area contributed by atoms with Crippen molar-refractivity contribution < 1.29 is 13.9 Å². The minimum Gasteiger partial charge on any atom is -0.496 e. The third-order valence-electron chi connectivity index (χ3n) is 3.32. The van der Waals surface area contributed by atoms with Crippen LogP contribution < -0.4 is 15.8 Å². The van der Waals surface area contributed by atoms with Crippen molar-refractivity contribution in [1.29, 1.82) is 0 Å². The lowest BCUT2D eigenvalue weighted by molar-refractivity contribution is 0.0910. The average molecular weight is 325 g/mol. The summed E-state index contributed by atoms with van der Waals surface area (Å²) >= 11 is 0. The number of furan rings is 1. The van der Waals surface area contributed by atoms with Gasteiger partial charge in [-0.25, -0.2) is 0 Å². The first-order valence-corrected chi connectivity index (χ1v) is 6.71. The van der Waals surface area contributed by atoms with E-state index >= 15 is 0 Å². The molecule has 0 aliphatic heterocycles. The van der Waals surface area contributed by atoms with Crippen molar-refractivity contribution in [1.82, 2.24) is 5.32 Å². The second kappa shape index (κ2) is 7.33. The molecule has 1 aromatic carbocycles. The van der Waals surface area contributed by atoms with Crippen LogP contribution >= 0.6 is 12.4 Å². The molecule has 0 saturated carbocycles. The molecule has 0 spiro atoms. The van der Waals surface area contributed by atoms with Gasteiger partial charge in [-0.1, -0.05) is 18.2 Å². The quantitative estimate of drug-likeness (QED) is 0.886. The van der Waals surface area contributed by atoms with E-state index in [2.05, 4.69) is 5.32 Å². The Hall–Kier alpha value is -1.98. The maximum absolute atomic E-state index is 12.3. The van der Waals surface area contributed by atoms with Gasteiger partial charge < -0.3 is 20.2 Å². The van der Waals surface area contributed by atoms with Crippen molar-refractivity contribution >= 4 is 18.3 Å². The fourth-order valence-electron chi connectivity index (χ4n) is 2.19. The van der Waals surface area contributed by atoms with Gasteiger partial charge in [0.25, 0.3) is 5.91 Å².